The first-order valence-corrected chi connectivity index (χ1v) is 12.3. The second-order valence-electron chi connectivity index (χ2n) is 9.70. The molecule has 1 aliphatic carbocycles. The number of rotatable bonds is 6. The summed E-state index contributed by atoms with van der Waals surface area (Å²) in [6, 6.07) is 4.58. The molecular weight excluding hydrogens is 457 g/mol. The molecule has 1 saturated heterocycles. The van der Waals surface area contributed by atoms with Crippen molar-refractivity contribution in [2.75, 3.05) is 30.4 Å². The minimum atomic E-state index is -0.405. The molecule has 0 radical (unpaired) electrons. The van der Waals surface area contributed by atoms with Crippen LogP contribution in [-0.4, -0.2) is 44.8 Å². The molecule has 34 heavy (non-hydrogen) atoms. The molecule has 1 saturated carbocycles. The quantitative estimate of drug-likeness (QED) is 0.448. The van der Waals surface area contributed by atoms with E-state index in [9.17, 15) is 4.39 Å². The van der Waals surface area contributed by atoms with Gasteiger partial charge in [-0.15, -0.1) is 0 Å². The molecule has 182 valence electrons. The minimum Gasteiger partial charge on any atom is -0.381 e. The molecule has 0 atom stereocenters. The van der Waals surface area contributed by atoms with Gasteiger partial charge in [0.05, 0.1) is 6.20 Å². The maximum absolute atomic E-state index is 14.0. The fraction of sp³-hybridized carbons (Fsp3) is 0.542. The number of fused-ring (bicyclic) bond motifs is 1. The summed E-state index contributed by atoms with van der Waals surface area (Å²) in [7, 11) is 0. The highest BCUT2D eigenvalue weighted by atomic mass is 35.5. The van der Waals surface area contributed by atoms with Crippen molar-refractivity contribution in [3.63, 3.8) is 0 Å². The maximum atomic E-state index is 14.0. The van der Waals surface area contributed by atoms with Gasteiger partial charge in [-0.05, 0) is 76.1 Å². The third kappa shape index (κ3) is 4.96. The van der Waals surface area contributed by atoms with Crippen LogP contribution in [-0.2, 0) is 4.74 Å². The van der Waals surface area contributed by atoms with Crippen LogP contribution in [0.25, 0.3) is 11.2 Å². The topological polar surface area (TPSA) is 103 Å². The van der Waals surface area contributed by atoms with Gasteiger partial charge in [-0.2, -0.15) is 4.98 Å². The SMILES string of the molecule is CC1(Nc2ncc3nc(Nc4cc(F)cc(Cl)c4)n([C@H]4CC[C@@H](CN)CC4)c3n2)CCOCC1. The molecule has 3 aromatic rings. The number of imidazole rings is 1. The van der Waals surface area contributed by atoms with Crippen LogP contribution >= 0.6 is 11.6 Å². The Morgan fingerprint density at radius 1 is 1.18 bits per heavy atom. The first-order chi connectivity index (χ1) is 16.4. The number of nitrogens with one attached hydrogen (secondary N) is 2. The van der Waals surface area contributed by atoms with Gasteiger partial charge in [0.25, 0.3) is 0 Å². The van der Waals surface area contributed by atoms with Crippen molar-refractivity contribution < 1.29 is 9.13 Å². The normalized spacial score (nSPS) is 22.6. The van der Waals surface area contributed by atoms with E-state index >= 15 is 0 Å². The van der Waals surface area contributed by atoms with Crippen LogP contribution in [0, 0.1) is 11.7 Å². The number of anilines is 3. The van der Waals surface area contributed by atoms with Crippen molar-refractivity contribution in [1.29, 1.82) is 0 Å². The first kappa shape index (κ1) is 23.3. The summed E-state index contributed by atoms with van der Waals surface area (Å²) in [5, 5.41) is 7.12. The van der Waals surface area contributed by atoms with Gasteiger partial charge in [-0.1, -0.05) is 11.6 Å². The zero-order valence-electron chi connectivity index (χ0n) is 19.4. The van der Waals surface area contributed by atoms with Crippen molar-refractivity contribution in [1.82, 2.24) is 19.5 Å². The van der Waals surface area contributed by atoms with Gasteiger partial charge in [0.1, 0.15) is 11.3 Å². The van der Waals surface area contributed by atoms with Crippen molar-refractivity contribution in [2.24, 2.45) is 11.7 Å². The molecule has 4 N–H and O–H groups in total. The fourth-order valence-corrected chi connectivity index (χ4v) is 5.22. The lowest BCUT2D eigenvalue weighted by atomic mass is 9.86. The van der Waals surface area contributed by atoms with Gasteiger partial charge in [0, 0.05) is 35.5 Å². The van der Waals surface area contributed by atoms with Gasteiger partial charge in [-0.25, -0.2) is 14.4 Å². The number of hydrogen-bond acceptors (Lipinski definition) is 7. The van der Waals surface area contributed by atoms with E-state index in [1.54, 1.807) is 12.3 Å². The number of nitrogens with two attached hydrogens (primary N) is 1. The lowest BCUT2D eigenvalue weighted by Crippen LogP contribution is -2.41. The fourth-order valence-electron chi connectivity index (χ4n) is 5.00. The number of hydrogen-bond donors (Lipinski definition) is 3. The summed E-state index contributed by atoms with van der Waals surface area (Å²) in [6.07, 6.45) is 7.61. The van der Waals surface area contributed by atoms with Crippen LogP contribution in [0.1, 0.15) is 51.5 Å². The van der Waals surface area contributed by atoms with E-state index in [0.717, 1.165) is 57.4 Å². The van der Waals surface area contributed by atoms with E-state index in [-0.39, 0.29) is 11.6 Å². The summed E-state index contributed by atoms with van der Waals surface area (Å²) >= 11 is 6.08. The van der Waals surface area contributed by atoms with Crippen LogP contribution in [0.5, 0.6) is 0 Å². The molecule has 0 unspecified atom stereocenters. The molecule has 5 rings (SSSR count). The van der Waals surface area contributed by atoms with E-state index in [1.165, 1.54) is 12.1 Å². The van der Waals surface area contributed by atoms with Crippen molar-refractivity contribution in [3.05, 3.63) is 35.2 Å². The first-order valence-electron chi connectivity index (χ1n) is 12.0. The second-order valence-corrected chi connectivity index (χ2v) is 10.1. The van der Waals surface area contributed by atoms with Gasteiger partial charge < -0.3 is 21.1 Å². The predicted molar refractivity (Wildman–Crippen MR) is 132 cm³/mol. The van der Waals surface area contributed by atoms with Crippen LogP contribution in [0.2, 0.25) is 5.02 Å². The van der Waals surface area contributed by atoms with Crippen LogP contribution in [0.4, 0.5) is 22.0 Å². The molecule has 0 bridgehead atoms. The summed E-state index contributed by atoms with van der Waals surface area (Å²) in [4.78, 5) is 14.2. The molecular formula is C24H31ClFN7O. The molecule has 3 heterocycles. The number of ether oxygens (including phenoxy) is 1. The van der Waals surface area contributed by atoms with Crippen molar-refractivity contribution in [2.45, 2.75) is 57.0 Å². The smallest absolute Gasteiger partial charge is 0.225 e. The van der Waals surface area contributed by atoms with Crippen LogP contribution < -0.4 is 16.4 Å². The third-order valence-electron chi connectivity index (χ3n) is 7.08. The Balaban J connectivity index is 1.52. The van der Waals surface area contributed by atoms with Crippen molar-refractivity contribution >= 4 is 40.3 Å². The largest absolute Gasteiger partial charge is 0.381 e. The Kier molecular flexibility index (Phi) is 6.59. The molecule has 8 nitrogen and oxygen atoms in total. The highest BCUT2D eigenvalue weighted by Crippen LogP contribution is 2.37. The highest BCUT2D eigenvalue weighted by molar-refractivity contribution is 6.30. The summed E-state index contributed by atoms with van der Waals surface area (Å²) in [6.45, 7) is 4.33. The lowest BCUT2D eigenvalue weighted by Gasteiger charge is -2.34. The third-order valence-corrected chi connectivity index (χ3v) is 7.29. The van der Waals surface area contributed by atoms with Gasteiger partial charge in [0.2, 0.25) is 11.9 Å². The molecule has 1 aliphatic heterocycles. The lowest BCUT2D eigenvalue weighted by molar-refractivity contribution is 0.0656. The summed E-state index contributed by atoms with van der Waals surface area (Å²) < 4.78 is 21.6. The van der Waals surface area contributed by atoms with E-state index in [0.29, 0.717) is 40.6 Å². The van der Waals surface area contributed by atoms with E-state index in [4.69, 9.17) is 32.0 Å². The Morgan fingerprint density at radius 2 is 1.94 bits per heavy atom. The zero-order valence-corrected chi connectivity index (χ0v) is 20.1. The summed E-state index contributed by atoms with van der Waals surface area (Å²) in [5.74, 6) is 1.33. The average molecular weight is 488 g/mol. The summed E-state index contributed by atoms with van der Waals surface area (Å²) in [5.41, 5.74) is 7.79. The maximum Gasteiger partial charge on any atom is 0.225 e. The standard InChI is InChI=1S/C24H31ClFN7O/c1-24(6-8-34-9-7-24)32-22-28-14-20-21(31-22)33(19-4-2-15(13-27)3-5-19)23(30-20)29-18-11-16(25)10-17(26)12-18/h10-12,14-15,19H,2-9,13,27H2,1H3,(H,29,30)(H,28,31,32)/t15-,19+. The van der Waals surface area contributed by atoms with Crippen LogP contribution in [0.3, 0.4) is 0 Å². The number of benzene rings is 1. The molecule has 0 amide bonds. The molecule has 2 fully saturated rings. The second kappa shape index (κ2) is 9.64. The van der Waals surface area contributed by atoms with Gasteiger partial charge in [0.15, 0.2) is 5.65 Å². The number of nitrogens with zero attached hydrogens (tertiary/aromatic N) is 4. The van der Waals surface area contributed by atoms with E-state index in [2.05, 4.69) is 27.1 Å². The molecule has 0 spiro atoms. The number of halogens is 2. The Morgan fingerprint density at radius 3 is 2.65 bits per heavy atom. The number of aromatic nitrogens is 4. The Bertz CT molecular complexity index is 1140. The molecule has 1 aromatic carbocycles. The average Bonchev–Trinajstić information content (AvgIpc) is 3.15. The zero-order chi connectivity index (χ0) is 23.7. The van der Waals surface area contributed by atoms with E-state index < -0.39 is 5.82 Å². The van der Waals surface area contributed by atoms with Gasteiger partial charge in [-0.3, -0.25) is 4.57 Å². The van der Waals surface area contributed by atoms with Crippen molar-refractivity contribution in [3.8, 4) is 0 Å². The minimum absolute atomic E-state index is 0.116. The molecule has 2 aromatic heterocycles. The van der Waals surface area contributed by atoms with Crippen LogP contribution in [0.15, 0.2) is 24.4 Å². The highest BCUT2D eigenvalue weighted by Gasteiger charge is 2.30. The van der Waals surface area contributed by atoms with Gasteiger partial charge >= 0.3 is 0 Å². The molecule has 2 aliphatic rings. The Labute approximate surface area is 203 Å². The Hall–Kier alpha value is -2.49. The predicted octanol–water partition coefficient (Wildman–Crippen LogP) is 5.03. The van der Waals surface area contributed by atoms with E-state index in [1.807, 2.05) is 0 Å². The monoisotopic (exact) mass is 487 g/mol. The molecule has 10 heteroatoms.